The van der Waals surface area contributed by atoms with Crippen LogP contribution in [0.1, 0.15) is 6.92 Å². The molecule has 0 aliphatic heterocycles. The van der Waals surface area contributed by atoms with Gasteiger partial charge in [0.25, 0.3) is 0 Å². The van der Waals surface area contributed by atoms with Gasteiger partial charge < -0.3 is 21.7 Å². The van der Waals surface area contributed by atoms with Gasteiger partial charge in [0.1, 0.15) is 0 Å². The van der Waals surface area contributed by atoms with E-state index in [1.807, 2.05) is 0 Å². The van der Waals surface area contributed by atoms with E-state index in [1.165, 1.54) is 0 Å². The Balaban J connectivity index is 0. The maximum Gasteiger partial charge on any atom is 0.0889 e. The molecule has 0 saturated carbocycles. The van der Waals surface area contributed by atoms with Crippen LogP contribution in [-0.4, -0.2) is 23.4 Å². The van der Waals surface area contributed by atoms with Crippen molar-refractivity contribution in [3.8, 4) is 0 Å². The van der Waals surface area contributed by atoms with E-state index in [2.05, 4.69) is 0 Å². The van der Waals surface area contributed by atoms with Crippen LogP contribution >= 0.6 is 0 Å². The van der Waals surface area contributed by atoms with Gasteiger partial charge in [-0.2, -0.15) is 0 Å². The number of allylic oxidation sites excluding steroid dienone is 1. The number of hydrogen-bond donors (Lipinski definition) is 4. The van der Waals surface area contributed by atoms with Gasteiger partial charge in [-0.3, -0.25) is 0 Å². The van der Waals surface area contributed by atoms with Gasteiger partial charge in [-0.25, -0.2) is 0 Å². The Labute approximate surface area is 54.8 Å². The monoisotopic (exact) mass is 134 g/mol. The molecule has 0 radical (unpaired) electrons. The highest BCUT2D eigenvalue weighted by molar-refractivity contribution is 4.84. The molecule has 0 unspecified atom stereocenters. The van der Waals surface area contributed by atoms with E-state index in [0.717, 1.165) is 0 Å². The molecule has 0 rings (SSSR count). The molecule has 6 N–H and O–H groups in total. The molecule has 0 bridgehead atoms. The second kappa shape index (κ2) is 10.3. The first kappa shape index (κ1) is 11.1. The van der Waals surface area contributed by atoms with E-state index in [9.17, 15) is 0 Å². The van der Waals surface area contributed by atoms with Crippen molar-refractivity contribution < 1.29 is 10.2 Å². The second-order valence-corrected chi connectivity index (χ2v) is 1.24. The van der Waals surface area contributed by atoms with Crippen molar-refractivity contribution in [3.05, 3.63) is 11.9 Å². The first-order valence-electron chi connectivity index (χ1n) is 2.58. The maximum absolute atomic E-state index is 7.62. The lowest BCUT2D eigenvalue weighted by molar-refractivity contribution is 0.186. The van der Waals surface area contributed by atoms with E-state index >= 15 is 0 Å². The minimum atomic E-state index is -0.125. The summed E-state index contributed by atoms with van der Waals surface area (Å²) in [6, 6.07) is 0. The van der Waals surface area contributed by atoms with E-state index in [-0.39, 0.29) is 13.2 Å². The summed E-state index contributed by atoms with van der Waals surface area (Å²) in [6.45, 7) is 1.54. The minimum Gasteiger partial charge on any atom is -0.394 e. The van der Waals surface area contributed by atoms with Gasteiger partial charge in [-0.1, -0.05) is 0 Å². The molecule has 9 heavy (non-hydrogen) atoms. The molecule has 0 fully saturated rings. The summed E-state index contributed by atoms with van der Waals surface area (Å²) in [6.07, 6.45) is 1.64. The lowest BCUT2D eigenvalue weighted by Gasteiger charge is -1.78. The first-order chi connectivity index (χ1) is 4.18. The molecule has 0 aliphatic carbocycles. The minimum absolute atomic E-state index is 0.125. The van der Waals surface area contributed by atoms with Crippen molar-refractivity contribution in [1.29, 1.82) is 0 Å². The van der Waals surface area contributed by atoms with Gasteiger partial charge in [0, 0.05) is 0 Å². The highest BCUT2D eigenvalue weighted by atomic mass is 16.3. The van der Waals surface area contributed by atoms with Crippen LogP contribution in [0.15, 0.2) is 11.9 Å². The summed E-state index contributed by atoms with van der Waals surface area (Å²) < 4.78 is 0. The van der Waals surface area contributed by atoms with E-state index in [0.29, 0.717) is 5.82 Å². The fourth-order valence-corrected chi connectivity index (χ4v) is 0. The molecule has 0 spiro atoms. The summed E-state index contributed by atoms with van der Waals surface area (Å²) in [5.41, 5.74) is 9.86. The van der Waals surface area contributed by atoms with E-state index < -0.39 is 0 Å². The van der Waals surface area contributed by atoms with Crippen molar-refractivity contribution in [2.45, 2.75) is 6.92 Å². The Hall–Kier alpha value is -0.740. The SMILES string of the molecule is CC=C(N)N.OCCO. The number of nitrogens with two attached hydrogens (primary N) is 2. The summed E-state index contributed by atoms with van der Waals surface area (Å²) in [7, 11) is 0. The van der Waals surface area contributed by atoms with Crippen molar-refractivity contribution in [2.24, 2.45) is 11.5 Å². The predicted molar refractivity (Wildman–Crippen MR) is 36.3 cm³/mol. The third kappa shape index (κ3) is 39.3. The molecule has 0 saturated heterocycles. The Morgan fingerprint density at radius 2 is 1.56 bits per heavy atom. The molecular weight excluding hydrogens is 120 g/mol. The standard InChI is InChI=1S/C3H8N2.C2H6O2/c1-2-3(4)5;3-1-2-4/h2H,4-5H2,1H3;3-4H,1-2H2. The van der Waals surface area contributed by atoms with Gasteiger partial charge in [0.2, 0.25) is 0 Å². The Kier molecular flexibility index (Phi) is 12.7. The summed E-state index contributed by atoms with van der Waals surface area (Å²) in [5.74, 6) is 0.380. The van der Waals surface area contributed by atoms with Crippen LogP contribution in [0.5, 0.6) is 0 Å². The van der Waals surface area contributed by atoms with Crippen LogP contribution in [0.4, 0.5) is 0 Å². The largest absolute Gasteiger partial charge is 0.394 e. The van der Waals surface area contributed by atoms with Crippen LogP contribution in [-0.2, 0) is 0 Å². The van der Waals surface area contributed by atoms with Crippen LogP contribution < -0.4 is 11.5 Å². The van der Waals surface area contributed by atoms with Crippen molar-refractivity contribution in [1.82, 2.24) is 0 Å². The van der Waals surface area contributed by atoms with E-state index in [1.54, 1.807) is 13.0 Å². The van der Waals surface area contributed by atoms with Crippen molar-refractivity contribution in [3.63, 3.8) is 0 Å². The lowest BCUT2D eigenvalue weighted by Crippen LogP contribution is -2.06. The Morgan fingerprint density at radius 3 is 1.56 bits per heavy atom. The number of aliphatic hydroxyl groups is 2. The molecule has 0 aromatic rings. The van der Waals surface area contributed by atoms with Crippen LogP contribution in [0, 0.1) is 0 Å². The molecule has 0 aliphatic rings. The highest BCUT2D eigenvalue weighted by Gasteiger charge is 1.59. The molecule has 0 heterocycles. The van der Waals surface area contributed by atoms with Crippen LogP contribution in [0.3, 0.4) is 0 Å². The molecule has 0 amide bonds. The van der Waals surface area contributed by atoms with Gasteiger partial charge in [-0.05, 0) is 13.0 Å². The zero-order chi connectivity index (χ0) is 7.70. The van der Waals surface area contributed by atoms with Crippen molar-refractivity contribution >= 4 is 0 Å². The number of aliphatic hydroxyl groups excluding tert-OH is 2. The normalized spacial score (nSPS) is 7.00. The first-order valence-corrected chi connectivity index (χ1v) is 2.58. The van der Waals surface area contributed by atoms with Gasteiger partial charge in [0.05, 0.1) is 19.0 Å². The Bertz CT molecular complexity index is 67.4. The summed E-state index contributed by atoms with van der Waals surface area (Å²) >= 11 is 0. The average Bonchev–Trinajstić information content (AvgIpc) is 1.89. The quantitative estimate of drug-likeness (QED) is 0.360. The molecule has 4 heteroatoms. The zero-order valence-corrected chi connectivity index (χ0v) is 5.54. The summed E-state index contributed by atoms with van der Waals surface area (Å²) in [5, 5.41) is 15.2. The molecule has 0 aromatic carbocycles. The number of hydrogen-bond acceptors (Lipinski definition) is 4. The Morgan fingerprint density at radius 1 is 1.33 bits per heavy atom. The highest BCUT2D eigenvalue weighted by Crippen LogP contribution is 1.59. The topological polar surface area (TPSA) is 92.5 Å². The van der Waals surface area contributed by atoms with Gasteiger partial charge in [-0.15, -0.1) is 0 Å². The molecular formula is C5H14N2O2. The fraction of sp³-hybridized carbons (Fsp3) is 0.600. The van der Waals surface area contributed by atoms with Crippen molar-refractivity contribution in [2.75, 3.05) is 13.2 Å². The third-order valence-corrected chi connectivity index (χ3v) is 0.433. The molecule has 0 aromatic heterocycles. The zero-order valence-electron chi connectivity index (χ0n) is 5.54. The van der Waals surface area contributed by atoms with Crippen LogP contribution in [0.25, 0.3) is 0 Å². The molecule has 0 atom stereocenters. The summed E-state index contributed by atoms with van der Waals surface area (Å²) in [4.78, 5) is 0. The fourth-order valence-electron chi connectivity index (χ4n) is 0. The predicted octanol–water partition coefficient (Wildman–Crippen LogP) is -1.26. The third-order valence-electron chi connectivity index (χ3n) is 0.433. The van der Waals surface area contributed by atoms with E-state index in [4.69, 9.17) is 21.7 Å². The number of rotatable bonds is 1. The lowest BCUT2D eigenvalue weighted by atomic mass is 10.6. The van der Waals surface area contributed by atoms with Gasteiger partial charge >= 0.3 is 0 Å². The molecule has 4 nitrogen and oxygen atoms in total. The second-order valence-electron chi connectivity index (χ2n) is 1.24. The maximum atomic E-state index is 7.62. The smallest absolute Gasteiger partial charge is 0.0889 e. The van der Waals surface area contributed by atoms with Gasteiger partial charge in [0.15, 0.2) is 0 Å². The van der Waals surface area contributed by atoms with Crippen LogP contribution in [0.2, 0.25) is 0 Å². The molecule has 56 valence electrons. The average molecular weight is 134 g/mol.